The topological polar surface area (TPSA) is 71.8 Å². The number of aromatic nitrogens is 2. The summed E-state index contributed by atoms with van der Waals surface area (Å²) >= 11 is 0. The maximum atomic E-state index is 11.1. The van der Waals surface area contributed by atoms with Crippen LogP contribution in [-0.4, -0.2) is 9.97 Å². The van der Waals surface area contributed by atoms with Crippen molar-refractivity contribution in [3.63, 3.8) is 0 Å². The van der Waals surface area contributed by atoms with E-state index >= 15 is 0 Å². The van der Waals surface area contributed by atoms with Crippen LogP contribution in [0.5, 0.6) is 0 Å². The molecule has 0 saturated carbocycles. The van der Waals surface area contributed by atoms with Gasteiger partial charge >= 0.3 is 0 Å². The summed E-state index contributed by atoms with van der Waals surface area (Å²) < 4.78 is 0. The Kier molecular flexibility index (Phi) is 1.92. The zero-order valence-corrected chi connectivity index (χ0v) is 7.51. The molecule has 0 spiro atoms. The number of hydrogen-bond acceptors (Lipinski definition) is 3. The van der Waals surface area contributed by atoms with Gasteiger partial charge in [-0.25, -0.2) is 4.98 Å². The van der Waals surface area contributed by atoms with Crippen molar-refractivity contribution in [2.75, 3.05) is 5.73 Å². The molecule has 1 rings (SSSR count). The van der Waals surface area contributed by atoms with Gasteiger partial charge in [0.1, 0.15) is 11.5 Å². The Morgan fingerprint density at radius 3 is 2.50 bits per heavy atom. The summed E-state index contributed by atoms with van der Waals surface area (Å²) in [5.74, 6) is 0.654. The maximum absolute atomic E-state index is 11.1. The molecule has 1 aromatic heterocycles. The first-order valence-electron chi connectivity index (χ1n) is 3.76. The molecule has 0 fully saturated rings. The zero-order chi connectivity index (χ0) is 9.35. The van der Waals surface area contributed by atoms with Crippen LogP contribution in [0.2, 0.25) is 0 Å². The Bertz CT molecular complexity index is 335. The van der Waals surface area contributed by atoms with E-state index < -0.39 is 0 Å². The fraction of sp³-hybridized carbons (Fsp3) is 0.500. The minimum Gasteiger partial charge on any atom is -0.393 e. The molecule has 0 aliphatic carbocycles. The number of H-pyrrole nitrogens is 1. The third-order valence-electron chi connectivity index (χ3n) is 1.54. The monoisotopic (exact) mass is 167 g/mol. The first-order valence-corrected chi connectivity index (χ1v) is 3.76. The van der Waals surface area contributed by atoms with Crippen LogP contribution in [0.1, 0.15) is 26.6 Å². The highest BCUT2D eigenvalue weighted by Gasteiger charge is 2.16. The highest BCUT2D eigenvalue weighted by molar-refractivity contribution is 5.31. The SMILES string of the molecule is CC(C)(C)c1ncc(N)c(=O)[nH]1. The second-order valence-corrected chi connectivity index (χ2v) is 3.77. The van der Waals surface area contributed by atoms with Crippen LogP contribution in [0.3, 0.4) is 0 Å². The molecule has 0 saturated heterocycles. The van der Waals surface area contributed by atoms with E-state index in [0.717, 1.165) is 0 Å². The summed E-state index contributed by atoms with van der Waals surface area (Å²) in [6.45, 7) is 5.92. The number of nitrogens with one attached hydrogen (secondary N) is 1. The van der Waals surface area contributed by atoms with E-state index in [2.05, 4.69) is 9.97 Å². The smallest absolute Gasteiger partial charge is 0.274 e. The predicted octanol–water partition coefficient (Wildman–Crippen LogP) is 0.650. The standard InChI is InChI=1S/C8H13N3O/c1-8(2,3)7-10-4-5(9)6(12)11-7/h4H,9H2,1-3H3,(H,10,11,12). The number of hydrogen-bond donors (Lipinski definition) is 2. The van der Waals surface area contributed by atoms with E-state index in [1.807, 2.05) is 20.8 Å². The third-order valence-corrected chi connectivity index (χ3v) is 1.54. The summed E-state index contributed by atoms with van der Waals surface area (Å²) in [5, 5.41) is 0. The minimum absolute atomic E-state index is 0.146. The molecule has 1 heterocycles. The largest absolute Gasteiger partial charge is 0.393 e. The molecule has 0 radical (unpaired) electrons. The Balaban J connectivity index is 3.23. The lowest BCUT2D eigenvalue weighted by atomic mass is 9.96. The Morgan fingerprint density at radius 2 is 2.08 bits per heavy atom. The fourth-order valence-electron chi connectivity index (χ4n) is 0.786. The molecule has 4 nitrogen and oxygen atoms in total. The van der Waals surface area contributed by atoms with Crippen molar-refractivity contribution in [2.45, 2.75) is 26.2 Å². The van der Waals surface area contributed by atoms with Crippen LogP contribution >= 0.6 is 0 Å². The maximum Gasteiger partial charge on any atom is 0.274 e. The highest BCUT2D eigenvalue weighted by Crippen LogP contribution is 2.15. The van der Waals surface area contributed by atoms with Gasteiger partial charge in [-0.15, -0.1) is 0 Å². The lowest BCUT2D eigenvalue weighted by molar-refractivity contribution is 0.543. The Morgan fingerprint density at radius 1 is 1.50 bits per heavy atom. The fourth-order valence-corrected chi connectivity index (χ4v) is 0.786. The normalized spacial score (nSPS) is 11.6. The molecule has 12 heavy (non-hydrogen) atoms. The second kappa shape index (κ2) is 2.62. The van der Waals surface area contributed by atoms with Gasteiger partial charge in [0.05, 0.1) is 6.20 Å². The lowest BCUT2D eigenvalue weighted by Crippen LogP contribution is -2.23. The zero-order valence-electron chi connectivity index (χ0n) is 7.51. The highest BCUT2D eigenvalue weighted by atomic mass is 16.1. The van der Waals surface area contributed by atoms with E-state index in [1.54, 1.807) is 0 Å². The Hall–Kier alpha value is -1.32. The van der Waals surface area contributed by atoms with E-state index in [9.17, 15) is 4.79 Å². The first kappa shape index (κ1) is 8.77. The molecule has 0 aliphatic heterocycles. The van der Waals surface area contributed by atoms with E-state index in [4.69, 9.17) is 5.73 Å². The minimum atomic E-state index is -0.269. The van der Waals surface area contributed by atoms with Crippen molar-refractivity contribution in [2.24, 2.45) is 0 Å². The van der Waals surface area contributed by atoms with E-state index in [-0.39, 0.29) is 16.7 Å². The van der Waals surface area contributed by atoms with Crippen molar-refractivity contribution in [3.05, 3.63) is 22.4 Å². The summed E-state index contributed by atoms with van der Waals surface area (Å²) in [4.78, 5) is 17.7. The average Bonchev–Trinajstić information content (AvgIpc) is 1.92. The molecular formula is C8H13N3O. The first-order chi connectivity index (χ1) is 5.41. The molecule has 66 valence electrons. The van der Waals surface area contributed by atoms with Crippen molar-refractivity contribution < 1.29 is 0 Å². The molecule has 3 N–H and O–H groups in total. The number of anilines is 1. The third kappa shape index (κ3) is 1.64. The van der Waals surface area contributed by atoms with Gasteiger partial charge in [0.2, 0.25) is 0 Å². The van der Waals surface area contributed by atoms with Crippen LogP contribution in [0, 0.1) is 0 Å². The van der Waals surface area contributed by atoms with Gasteiger partial charge in [-0.2, -0.15) is 0 Å². The van der Waals surface area contributed by atoms with Gasteiger partial charge in [-0.1, -0.05) is 20.8 Å². The van der Waals surface area contributed by atoms with Crippen LogP contribution in [0.15, 0.2) is 11.0 Å². The number of nitrogen functional groups attached to an aromatic ring is 1. The predicted molar refractivity (Wildman–Crippen MR) is 48.0 cm³/mol. The van der Waals surface area contributed by atoms with E-state index in [0.29, 0.717) is 5.82 Å². The molecule has 0 aliphatic rings. The van der Waals surface area contributed by atoms with Gasteiger partial charge in [-0.05, 0) is 0 Å². The molecular weight excluding hydrogens is 154 g/mol. The average molecular weight is 167 g/mol. The van der Waals surface area contributed by atoms with Crippen molar-refractivity contribution in [3.8, 4) is 0 Å². The molecule has 0 unspecified atom stereocenters. The molecule has 4 heteroatoms. The summed E-state index contributed by atoms with van der Waals surface area (Å²) in [7, 11) is 0. The van der Waals surface area contributed by atoms with Gasteiger partial charge in [0.25, 0.3) is 5.56 Å². The molecule has 0 bridgehead atoms. The van der Waals surface area contributed by atoms with Crippen LogP contribution in [0.4, 0.5) is 5.69 Å². The molecule has 0 amide bonds. The van der Waals surface area contributed by atoms with Crippen molar-refractivity contribution in [1.82, 2.24) is 9.97 Å². The summed E-state index contributed by atoms with van der Waals surface area (Å²) in [5.41, 5.74) is 5.07. The Labute approximate surface area is 70.8 Å². The molecule has 0 aromatic carbocycles. The molecule has 1 aromatic rings. The lowest BCUT2D eigenvalue weighted by Gasteiger charge is -2.16. The van der Waals surface area contributed by atoms with Gasteiger partial charge in [0, 0.05) is 5.41 Å². The number of aromatic amines is 1. The van der Waals surface area contributed by atoms with Crippen LogP contribution in [0.25, 0.3) is 0 Å². The van der Waals surface area contributed by atoms with Crippen LogP contribution in [-0.2, 0) is 5.41 Å². The quantitative estimate of drug-likeness (QED) is 0.596. The molecule has 0 atom stereocenters. The number of nitrogens with two attached hydrogens (primary N) is 1. The second-order valence-electron chi connectivity index (χ2n) is 3.77. The van der Waals surface area contributed by atoms with Gasteiger partial charge in [-0.3, -0.25) is 4.79 Å². The number of nitrogens with zero attached hydrogens (tertiary/aromatic N) is 1. The van der Waals surface area contributed by atoms with Crippen molar-refractivity contribution in [1.29, 1.82) is 0 Å². The van der Waals surface area contributed by atoms with Gasteiger partial charge in [0.15, 0.2) is 0 Å². The van der Waals surface area contributed by atoms with Gasteiger partial charge < -0.3 is 10.7 Å². The van der Waals surface area contributed by atoms with Crippen LogP contribution < -0.4 is 11.3 Å². The number of rotatable bonds is 0. The summed E-state index contributed by atoms with van der Waals surface area (Å²) in [6.07, 6.45) is 1.39. The van der Waals surface area contributed by atoms with Crippen molar-refractivity contribution >= 4 is 5.69 Å². The summed E-state index contributed by atoms with van der Waals surface area (Å²) in [6, 6.07) is 0. The van der Waals surface area contributed by atoms with E-state index in [1.165, 1.54) is 6.20 Å².